The van der Waals surface area contributed by atoms with Crippen molar-refractivity contribution < 1.29 is 57.3 Å². The number of fused-ring (bicyclic) bond motifs is 3. The first-order valence-electron chi connectivity index (χ1n) is 25.0. The van der Waals surface area contributed by atoms with Crippen LogP contribution in [0.2, 0.25) is 0 Å². The van der Waals surface area contributed by atoms with Crippen LogP contribution in [0, 0.1) is 0 Å². The van der Waals surface area contributed by atoms with Gasteiger partial charge in [0.25, 0.3) is 0 Å². The second kappa shape index (κ2) is 29.7. The predicted octanol–water partition coefficient (Wildman–Crippen LogP) is 7.48. The van der Waals surface area contributed by atoms with Gasteiger partial charge in [-0.2, -0.15) is 0 Å². The van der Waals surface area contributed by atoms with Gasteiger partial charge in [0.15, 0.2) is 0 Å². The maximum absolute atomic E-state index is 13.6. The van der Waals surface area contributed by atoms with Gasteiger partial charge in [0.2, 0.25) is 17.7 Å². The second-order valence-corrected chi connectivity index (χ2v) is 18.8. The van der Waals surface area contributed by atoms with E-state index in [4.69, 9.17) is 18.9 Å². The van der Waals surface area contributed by atoms with E-state index in [-0.39, 0.29) is 70.8 Å². The molecule has 0 bridgehead atoms. The van der Waals surface area contributed by atoms with Crippen LogP contribution in [-0.2, 0) is 60.9 Å². The Morgan fingerprint density at radius 2 is 1.12 bits per heavy atom. The van der Waals surface area contributed by atoms with E-state index in [0.29, 0.717) is 50.5 Å². The Morgan fingerprint density at radius 3 is 1.75 bits per heavy atom. The molecule has 3 unspecified atom stereocenters. The summed E-state index contributed by atoms with van der Waals surface area (Å²) in [5, 5.41) is 13.6. The van der Waals surface area contributed by atoms with Gasteiger partial charge in [-0.3, -0.25) is 19.2 Å². The smallest absolute Gasteiger partial charge is 0.407 e. The Bertz CT molecular complexity index is 2400. The lowest BCUT2D eigenvalue weighted by Crippen LogP contribution is -2.52. The van der Waals surface area contributed by atoms with Crippen molar-refractivity contribution in [3.8, 4) is 11.1 Å². The van der Waals surface area contributed by atoms with E-state index in [1.54, 1.807) is 57.2 Å². The quantitative estimate of drug-likeness (QED) is 0.0154. The van der Waals surface area contributed by atoms with E-state index in [2.05, 4.69) is 26.6 Å². The topological polar surface area (TPSA) is 234 Å². The molecule has 0 heterocycles. The predicted molar refractivity (Wildman–Crippen MR) is 272 cm³/mol. The maximum Gasteiger partial charge on any atom is 0.407 e. The Kier molecular flexibility index (Phi) is 22.9. The van der Waals surface area contributed by atoms with Gasteiger partial charge in [-0.25, -0.2) is 14.4 Å². The third-order valence-corrected chi connectivity index (χ3v) is 11.8. The first kappa shape index (κ1) is 56.4. The number of amides is 5. The van der Waals surface area contributed by atoms with Crippen molar-refractivity contribution in [3.63, 3.8) is 0 Å². The molecule has 4 aromatic rings. The highest BCUT2D eigenvalue weighted by Crippen LogP contribution is 2.44. The van der Waals surface area contributed by atoms with E-state index in [1.807, 2.05) is 72.8 Å². The Hall–Kier alpha value is -7.56. The van der Waals surface area contributed by atoms with Gasteiger partial charge >= 0.3 is 24.1 Å². The molecule has 3 atom stereocenters. The minimum absolute atomic E-state index is 0.0257. The van der Waals surface area contributed by atoms with E-state index in [1.165, 1.54) is 0 Å². The number of rotatable bonds is 29. The van der Waals surface area contributed by atoms with Crippen molar-refractivity contribution in [2.24, 2.45) is 0 Å². The number of alkyl carbamates (subject to hydrolysis) is 2. The van der Waals surface area contributed by atoms with E-state index in [9.17, 15) is 38.4 Å². The summed E-state index contributed by atoms with van der Waals surface area (Å²) in [6.45, 7) is 5.89. The number of carbonyl (C=O) groups is 8. The van der Waals surface area contributed by atoms with Crippen LogP contribution in [-0.4, -0.2) is 91.6 Å². The molecule has 73 heavy (non-hydrogen) atoms. The lowest BCUT2D eigenvalue weighted by molar-refractivity contribution is -0.151. The molecule has 0 fully saturated rings. The monoisotopic (exact) mass is 1000 g/mol. The van der Waals surface area contributed by atoms with Crippen molar-refractivity contribution in [2.45, 2.75) is 134 Å². The average molecular weight is 1000 g/mol. The van der Waals surface area contributed by atoms with Gasteiger partial charge in [-0.15, -0.1) is 0 Å². The fourth-order valence-electron chi connectivity index (χ4n) is 8.14. The van der Waals surface area contributed by atoms with Gasteiger partial charge in [-0.05, 0) is 99.1 Å². The van der Waals surface area contributed by atoms with Gasteiger partial charge in [0, 0.05) is 38.3 Å². The van der Waals surface area contributed by atoms with E-state index in [0.717, 1.165) is 27.8 Å². The highest BCUT2D eigenvalue weighted by atomic mass is 16.6. The van der Waals surface area contributed by atoms with Crippen molar-refractivity contribution in [1.29, 1.82) is 0 Å². The SMILES string of the molecule is CC(C)(C)OC(=O)NCCCCC(NC(=O)OCC1c2ccccc2-c2ccccc21)C(=O)NCCCCCC(=O)NC(CCC=O)C(=O)NC(CCC(=O)OCc1ccccc1)C(=O)OCc1ccccc1. The van der Waals surface area contributed by atoms with Gasteiger partial charge < -0.3 is 50.3 Å². The number of ether oxygens (including phenoxy) is 4. The maximum atomic E-state index is 13.6. The van der Waals surface area contributed by atoms with Crippen molar-refractivity contribution in [2.75, 3.05) is 19.7 Å². The number of esters is 2. The van der Waals surface area contributed by atoms with Crippen LogP contribution in [0.1, 0.15) is 120 Å². The standard InChI is InChI=1S/C56H69N5O12/c1-56(2,3)73-54(68)58-34-18-16-28-46(61-55(69)72-38-45-43-26-14-12-24-41(43)42-25-13-15-27-44(42)45)51(65)57-33-17-6-11-30-49(63)59-47(29-19-35-62)52(66)60-48(53(67)71-37-40-22-9-5-10-23-40)31-32-50(64)70-36-39-20-7-4-8-21-39/h4-5,7-10,12-15,20-27,35,45-48H,6,11,16-19,28-34,36-38H2,1-3H3,(H,57,65)(H,58,68)(H,59,63)(H,60,66)(H,61,69). The molecule has 0 aromatic heterocycles. The molecule has 390 valence electrons. The molecule has 5 amide bonds. The zero-order valence-corrected chi connectivity index (χ0v) is 42.0. The molecule has 0 radical (unpaired) electrons. The minimum atomic E-state index is -1.26. The third-order valence-electron chi connectivity index (χ3n) is 11.8. The van der Waals surface area contributed by atoms with Crippen LogP contribution >= 0.6 is 0 Å². The molecule has 0 aliphatic heterocycles. The molecule has 4 aromatic carbocycles. The zero-order chi connectivity index (χ0) is 52.4. The van der Waals surface area contributed by atoms with Crippen LogP contribution in [0.3, 0.4) is 0 Å². The summed E-state index contributed by atoms with van der Waals surface area (Å²) in [4.78, 5) is 103. The number of unbranched alkanes of at least 4 members (excludes halogenated alkanes) is 3. The molecule has 17 heteroatoms. The number of benzene rings is 4. The summed E-state index contributed by atoms with van der Waals surface area (Å²) in [5.74, 6) is -3.14. The Morgan fingerprint density at radius 1 is 0.548 bits per heavy atom. The molecule has 5 N–H and O–H groups in total. The van der Waals surface area contributed by atoms with Crippen molar-refractivity contribution in [1.82, 2.24) is 26.6 Å². The van der Waals surface area contributed by atoms with Crippen molar-refractivity contribution >= 4 is 48.1 Å². The van der Waals surface area contributed by atoms with Gasteiger partial charge in [-0.1, -0.05) is 116 Å². The molecule has 5 rings (SSSR count). The molecular weight excluding hydrogens is 935 g/mol. The van der Waals surface area contributed by atoms with E-state index >= 15 is 0 Å². The number of carbonyl (C=O) groups excluding carboxylic acids is 8. The molecule has 1 aliphatic rings. The summed E-state index contributed by atoms with van der Waals surface area (Å²) < 4.78 is 21.9. The molecule has 17 nitrogen and oxygen atoms in total. The molecule has 0 saturated heterocycles. The van der Waals surface area contributed by atoms with Gasteiger partial charge in [0.1, 0.15) is 49.8 Å². The minimum Gasteiger partial charge on any atom is -0.461 e. The molecule has 0 saturated carbocycles. The highest BCUT2D eigenvalue weighted by molar-refractivity contribution is 5.91. The fraction of sp³-hybridized carbons (Fsp3) is 0.429. The highest BCUT2D eigenvalue weighted by Gasteiger charge is 2.31. The van der Waals surface area contributed by atoms with E-state index < -0.39 is 65.6 Å². The number of nitrogens with one attached hydrogen (secondary N) is 5. The lowest BCUT2D eigenvalue weighted by Gasteiger charge is -2.22. The number of aldehydes is 1. The zero-order valence-electron chi connectivity index (χ0n) is 42.0. The van der Waals surface area contributed by atoms with Crippen LogP contribution in [0.25, 0.3) is 11.1 Å². The largest absolute Gasteiger partial charge is 0.461 e. The van der Waals surface area contributed by atoms with Crippen LogP contribution in [0.15, 0.2) is 109 Å². The molecule has 0 spiro atoms. The lowest BCUT2D eigenvalue weighted by atomic mass is 9.98. The van der Waals surface area contributed by atoms with Gasteiger partial charge in [0.05, 0.1) is 0 Å². The van der Waals surface area contributed by atoms with Crippen molar-refractivity contribution in [3.05, 3.63) is 131 Å². The first-order valence-corrected chi connectivity index (χ1v) is 25.0. The normalized spacial score (nSPS) is 12.9. The summed E-state index contributed by atoms with van der Waals surface area (Å²) in [5.41, 5.74) is 5.13. The third kappa shape index (κ3) is 19.9. The van der Waals surface area contributed by atoms with Crippen LogP contribution in [0.5, 0.6) is 0 Å². The number of hydrogen-bond acceptors (Lipinski definition) is 12. The van der Waals surface area contributed by atoms with Crippen LogP contribution < -0.4 is 26.6 Å². The summed E-state index contributed by atoms with van der Waals surface area (Å²) >= 11 is 0. The fourth-order valence-corrected chi connectivity index (χ4v) is 8.14. The summed E-state index contributed by atoms with van der Waals surface area (Å²) in [7, 11) is 0. The summed E-state index contributed by atoms with van der Waals surface area (Å²) in [6, 6.07) is 30.6. The molecule has 1 aliphatic carbocycles. The summed E-state index contributed by atoms with van der Waals surface area (Å²) in [6.07, 6.45) is 1.60. The Balaban J connectivity index is 1.09. The van der Waals surface area contributed by atoms with Crippen LogP contribution in [0.4, 0.5) is 9.59 Å². The second-order valence-electron chi connectivity index (χ2n) is 18.8. The first-order chi connectivity index (χ1) is 35.2. The molecular formula is C56H69N5O12. The Labute approximate surface area is 427 Å². The average Bonchev–Trinajstić information content (AvgIpc) is 3.70. The number of hydrogen-bond donors (Lipinski definition) is 5.